The number of nitrogens with one attached hydrogen (secondary N) is 1. The Kier molecular flexibility index (Phi) is 6.84. The maximum Gasteiger partial charge on any atom is 0.387 e. The smallest absolute Gasteiger partial charge is 0.387 e. The van der Waals surface area contributed by atoms with E-state index in [2.05, 4.69) is 10.1 Å². The number of likely N-dealkylation sites (N-methyl/N-ethyl adjacent to an activating group) is 1. The van der Waals surface area contributed by atoms with Crippen molar-refractivity contribution in [1.29, 1.82) is 0 Å². The van der Waals surface area contributed by atoms with Crippen LogP contribution in [0.4, 0.5) is 8.78 Å². The van der Waals surface area contributed by atoms with Crippen molar-refractivity contribution in [3.8, 4) is 5.75 Å². The number of nitrogens with zero attached hydrogens (tertiary/aromatic N) is 1. The van der Waals surface area contributed by atoms with E-state index in [4.69, 9.17) is 0 Å². The van der Waals surface area contributed by atoms with E-state index >= 15 is 0 Å². The second-order valence-corrected chi connectivity index (χ2v) is 4.96. The van der Waals surface area contributed by atoms with Crippen molar-refractivity contribution in [1.82, 2.24) is 10.2 Å². The van der Waals surface area contributed by atoms with E-state index in [9.17, 15) is 13.9 Å². The molecule has 0 radical (unpaired) electrons. The third-order valence-corrected chi connectivity index (χ3v) is 2.84. The molecule has 0 aliphatic heterocycles. The van der Waals surface area contributed by atoms with Gasteiger partial charge >= 0.3 is 6.61 Å². The Bertz CT molecular complexity index is 403. The van der Waals surface area contributed by atoms with Crippen LogP contribution < -0.4 is 10.1 Å². The van der Waals surface area contributed by atoms with Crippen LogP contribution in [0.1, 0.15) is 18.5 Å². The monoisotopic (exact) mass is 288 g/mol. The van der Waals surface area contributed by atoms with Crippen LogP contribution in [0.3, 0.4) is 0 Å². The molecule has 114 valence electrons. The molecule has 0 aromatic heterocycles. The second kappa shape index (κ2) is 8.14. The van der Waals surface area contributed by atoms with Gasteiger partial charge in [-0.3, -0.25) is 0 Å². The average Bonchev–Trinajstić information content (AvgIpc) is 2.35. The Morgan fingerprint density at radius 3 is 2.55 bits per heavy atom. The van der Waals surface area contributed by atoms with Gasteiger partial charge in [0.1, 0.15) is 5.75 Å². The highest BCUT2D eigenvalue weighted by Crippen LogP contribution is 2.26. The first kappa shape index (κ1) is 16.8. The molecule has 20 heavy (non-hydrogen) atoms. The largest absolute Gasteiger partial charge is 0.434 e. The molecule has 0 saturated carbocycles. The van der Waals surface area contributed by atoms with Gasteiger partial charge in [0, 0.05) is 24.7 Å². The van der Waals surface area contributed by atoms with Crippen molar-refractivity contribution < 1.29 is 18.6 Å². The van der Waals surface area contributed by atoms with E-state index in [1.807, 2.05) is 25.9 Å². The van der Waals surface area contributed by atoms with E-state index in [0.717, 1.165) is 0 Å². The van der Waals surface area contributed by atoms with Crippen LogP contribution in [-0.4, -0.2) is 49.9 Å². The predicted molar refractivity (Wildman–Crippen MR) is 74.1 cm³/mol. The number of hydrogen-bond donors (Lipinski definition) is 2. The second-order valence-electron chi connectivity index (χ2n) is 4.96. The van der Waals surface area contributed by atoms with Gasteiger partial charge < -0.3 is 20.1 Å². The van der Waals surface area contributed by atoms with Gasteiger partial charge in [-0.2, -0.15) is 8.78 Å². The first-order valence-corrected chi connectivity index (χ1v) is 6.50. The Balaban J connectivity index is 2.60. The molecule has 0 heterocycles. The number of aliphatic hydroxyl groups is 1. The molecule has 2 N–H and O–H groups in total. The summed E-state index contributed by atoms with van der Waals surface area (Å²) < 4.78 is 29.2. The Labute approximate surface area is 118 Å². The van der Waals surface area contributed by atoms with E-state index < -0.39 is 12.7 Å². The van der Waals surface area contributed by atoms with Crippen molar-refractivity contribution in [2.45, 2.75) is 25.7 Å². The number of para-hydroxylation sites is 1. The van der Waals surface area contributed by atoms with Crippen LogP contribution in [0.5, 0.6) is 5.75 Å². The minimum absolute atomic E-state index is 0.157. The van der Waals surface area contributed by atoms with Gasteiger partial charge in [0.15, 0.2) is 0 Å². The van der Waals surface area contributed by atoms with Crippen LogP contribution in [0.25, 0.3) is 0 Å². The first-order chi connectivity index (χ1) is 9.40. The van der Waals surface area contributed by atoms with E-state index in [1.165, 1.54) is 6.07 Å². The lowest BCUT2D eigenvalue weighted by Gasteiger charge is -2.21. The van der Waals surface area contributed by atoms with Crippen LogP contribution in [-0.2, 0) is 0 Å². The number of halogens is 2. The van der Waals surface area contributed by atoms with Crippen molar-refractivity contribution >= 4 is 0 Å². The fourth-order valence-corrected chi connectivity index (χ4v) is 1.95. The molecule has 2 unspecified atom stereocenters. The molecule has 2 atom stereocenters. The third-order valence-electron chi connectivity index (χ3n) is 2.84. The molecule has 1 aromatic rings. The summed E-state index contributed by atoms with van der Waals surface area (Å²) in [6, 6.07) is 6.46. The van der Waals surface area contributed by atoms with Crippen molar-refractivity contribution in [3.63, 3.8) is 0 Å². The lowest BCUT2D eigenvalue weighted by Crippen LogP contribution is -2.36. The molecule has 0 aliphatic carbocycles. The normalized spacial score (nSPS) is 14.6. The van der Waals surface area contributed by atoms with Gasteiger partial charge in [0.05, 0.1) is 6.10 Å². The van der Waals surface area contributed by atoms with E-state index in [0.29, 0.717) is 18.7 Å². The summed E-state index contributed by atoms with van der Waals surface area (Å²) in [5.41, 5.74) is 0.643. The highest BCUT2D eigenvalue weighted by molar-refractivity contribution is 5.35. The van der Waals surface area contributed by atoms with E-state index in [-0.39, 0.29) is 11.8 Å². The maximum absolute atomic E-state index is 12.3. The maximum atomic E-state index is 12.3. The molecule has 0 saturated heterocycles. The summed E-state index contributed by atoms with van der Waals surface area (Å²) >= 11 is 0. The number of rotatable bonds is 8. The Hall–Kier alpha value is -1.24. The van der Waals surface area contributed by atoms with Gasteiger partial charge in [-0.05, 0) is 27.1 Å². The molecule has 0 spiro atoms. The van der Waals surface area contributed by atoms with Crippen LogP contribution in [0.2, 0.25) is 0 Å². The summed E-state index contributed by atoms with van der Waals surface area (Å²) in [4.78, 5) is 1.88. The van der Waals surface area contributed by atoms with Gasteiger partial charge in [0.25, 0.3) is 0 Å². The van der Waals surface area contributed by atoms with Crippen LogP contribution >= 0.6 is 0 Å². The zero-order valence-electron chi connectivity index (χ0n) is 12.0. The average molecular weight is 288 g/mol. The number of ether oxygens (including phenoxy) is 1. The van der Waals surface area contributed by atoms with Gasteiger partial charge in [-0.25, -0.2) is 0 Å². The van der Waals surface area contributed by atoms with E-state index in [1.54, 1.807) is 18.2 Å². The van der Waals surface area contributed by atoms with Gasteiger partial charge in [-0.15, -0.1) is 0 Å². The standard InChI is InChI=1S/C14H22F2N2O2/c1-10(17-8-11(19)9-18(2)3)12-6-4-5-7-13(12)20-14(15)16/h4-7,10-11,14,17,19H,8-9H2,1-3H3. The summed E-state index contributed by atoms with van der Waals surface area (Å²) in [6.45, 7) is -0.0875. The lowest BCUT2D eigenvalue weighted by atomic mass is 10.1. The van der Waals surface area contributed by atoms with Gasteiger partial charge in [-0.1, -0.05) is 18.2 Å². The van der Waals surface area contributed by atoms with Gasteiger partial charge in [0.2, 0.25) is 0 Å². The van der Waals surface area contributed by atoms with Crippen molar-refractivity contribution in [2.24, 2.45) is 0 Å². The number of alkyl halides is 2. The highest BCUT2D eigenvalue weighted by Gasteiger charge is 2.15. The minimum Gasteiger partial charge on any atom is -0.434 e. The number of aliphatic hydroxyl groups excluding tert-OH is 1. The summed E-state index contributed by atoms with van der Waals surface area (Å²) in [5, 5.41) is 12.9. The zero-order valence-corrected chi connectivity index (χ0v) is 12.0. The zero-order chi connectivity index (χ0) is 15.1. The molecule has 0 fully saturated rings. The molecule has 0 aliphatic rings. The predicted octanol–water partition coefficient (Wildman–Crippen LogP) is 1.86. The van der Waals surface area contributed by atoms with Crippen LogP contribution in [0, 0.1) is 0 Å². The topological polar surface area (TPSA) is 44.7 Å². The number of benzene rings is 1. The molecular weight excluding hydrogens is 266 g/mol. The Morgan fingerprint density at radius 2 is 1.95 bits per heavy atom. The summed E-state index contributed by atoms with van der Waals surface area (Å²) in [5.74, 6) is 0.157. The minimum atomic E-state index is -2.84. The fourth-order valence-electron chi connectivity index (χ4n) is 1.95. The molecule has 6 heteroatoms. The highest BCUT2D eigenvalue weighted by atomic mass is 19.3. The van der Waals surface area contributed by atoms with Crippen molar-refractivity contribution in [2.75, 3.05) is 27.2 Å². The molecule has 1 rings (SSSR count). The number of hydrogen-bond acceptors (Lipinski definition) is 4. The van der Waals surface area contributed by atoms with Crippen LogP contribution in [0.15, 0.2) is 24.3 Å². The fraction of sp³-hybridized carbons (Fsp3) is 0.571. The third kappa shape index (κ3) is 5.81. The van der Waals surface area contributed by atoms with Crippen molar-refractivity contribution in [3.05, 3.63) is 29.8 Å². The quantitative estimate of drug-likeness (QED) is 0.766. The summed E-state index contributed by atoms with van der Waals surface area (Å²) in [7, 11) is 3.75. The molecule has 4 nitrogen and oxygen atoms in total. The lowest BCUT2D eigenvalue weighted by molar-refractivity contribution is -0.0507. The molecule has 0 bridgehead atoms. The molecule has 1 aromatic carbocycles. The SMILES string of the molecule is CC(NCC(O)CN(C)C)c1ccccc1OC(F)F. The summed E-state index contributed by atoms with van der Waals surface area (Å²) in [6.07, 6.45) is -0.518. The Morgan fingerprint density at radius 1 is 1.30 bits per heavy atom. The molecular formula is C14H22F2N2O2. The first-order valence-electron chi connectivity index (χ1n) is 6.50. The molecule has 0 amide bonds.